The predicted octanol–water partition coefficient (Wildman–Crippen LogP) is 1.49. The van der Waals surface area contributed by atoms with Crippen LogP contribution in [0, 0.1) is 6.92 Å². The Morgan fingerprint density at radius 2 is 1.76 bits per heavy atom. The Kier molecular flexibility index (Phi) is 7.38. The van der Waals surface area contributed by atoms with Gasteiger partial charge < -0.3 is 16.8 Å². The van der Waals surface area contributed by atoms with Crippen LogP contribution < -0.4 is 16.8 Å². The summed E-state index contributed by atoms with van der Waals surface area (Å²) in [6, 6.07) is 4.79. The second-order valence-electron chi connectivity index (χ2n) is 6.15. The highest BCUT2D eigenvalue weighted by Gasteiger charge is 2.24. The van der Waals surface area contributed by atoms with E-state index in [0.29, 0.717) is 24.3 Å². The molecule has 0 saturated heterocycles. The number of hydrogen-bond acceptors (Lipinski definition) is 9. The summed E-state index contributed by atoms with van der Waals surface area (Å²) in [4.78, 5) is 24.3. The number of benzene rings is 1. The van der Waals surface area contributed by atoms with Crippen molar-refractivity contribution >= 4 is 45.3 Å². The minimum atomic E-state index is -3.65. The predicted molar refractivity (Wildman–Crippen MR) is 114 cm³/mol. The number of nitrogens with zero attached hydrogens (tertiary/aromatic N) is 4. The SMILES string of the molecule is CCN(CC)S(=O)(=O)c1cc(NC(=O)C(C)Sc2nc(N)nc(N)n2)ccc1C. The van der Waals surface area contributed by atoms with Gasteiger partial charge in [-0.1, -0.05) is 31.7 Å². The maximum absolute atomic E-state index is 12.9. The van der Waals surface area contributed by atoms with E-state index in [4.69, 9.17) is 11.5 Å². The van der Waals surface area contributed by atoms with Crippen molar-refractivity contribution in [3.63, 3.8) is 0 Å². The monoisotopic (exact) mass is 439 g/mol. The van der Waals surface area contributed by atoms with Crippen LogP contribution in [0.4, 0.5) is 17.6 Å². The third-order valence-corrected chi connectivity index (χ3v) is 7.23. The van der Waals surface area contributed by atoms with Crippen molar-refractivity contribution < 1.29 is 13.2 Å². The first-order valence-corrected chi connectivity index (χ1v) is 11.3. The zero-order valence-electron chi connectivity index (χ0n) is 16.7. The van der Waals surface area contributed by atoms with Gasteiger partial charge in [-0.2, -0.15) is 19.3 Å². The lowest BCUT2D eigenvalue weighted by Gasteiger charge is -2.20. The van der Waals surface area contributed by atoms with Gasteiger partial charge in [-0.15, -0.1) is 0 Å². The zero-order valence-corrected chi connectivity index (χ0v) is 18.3. The molecule has 1 heterocycles. The summed E-state index contributed by atoms with van der Waals surface area (Å²) < 4.78 is 27.1. The maximum atomic E-state index is 12.9. The quantitative estimate of drug-likeness (QED) is 0.518. The molecule has 0 aliphatic heterocycles. The smallest absolute Gasteiger partial charge is 0.243 e. The van der Waals surface area contributed by atoms with E-state index in [1.54, 1.807) is 39.8 Å². The molecule has 29 heavy (non-hydrogen) atoms. The van der Waals surface area contributed by atoms with E-state index in [1.807, 2.05) is 0 Å². The van der Waals surface area contributed by atoms with Crippen molar-refractivity contribution in [1.82, 2.24) is 19.3 Å². The Morgan fingerprint density at radius 3 is 2.31 bits per heavy atom. The van der Waals surface area contributed by atoms with Crippen LogP contribution in [0.15, 0.2) is 28.3 Å². The molecule has 0 aliphatic carbocycles. The van der Waals surface area contributed by atoms with Gasteiger partial charge in [0.15, 0.2) is 5.16 Å². The van der Waals surface area contributed by atoms with Crippen LogP contribution in [-0.4, -0.2) is 51.9 Å². The van der Waals surface area contributed by atoms with Gasteiger partial charge in [0.05, 0.1) is 10.1 Å². The highest BCUT2D eigenvalue weighted by atomic mass is 32.2. The first-order chi connectivity index (χ1) is 13.6. The maximum Gasteiger partial charge on any atom is 0.243 e. The first kappa shape index (κ1) is 22.8. The van der Waals surface area contributed by atoms with E-state index < -0.39 is 15.3 Å². The van der Waals surface area contributed by atoms with Crippen molar-refractivity contribution in [3.8, 4) is 0 Å². The summed E-state index contributed by atoms with van der Waals surface area (Å²) in [5.74, 6) is -0.405. The fraction of sp³-hybridized carbons (Fsp3) is 0.412. The van der Waals surface area contributed by atoms with Gasteiger partial charge in [-0.05, 0) is 31.5 Å². The van der Waals surface area contributed by atoms with Crippen LogP contribution in [0.25, 0.3) is 0 Å². The number of nitrogen functional groups attached to an aromatic ring is 2. The minimum Gasteiger partial charge on any atom is -0.368 e. The van der Waals surface area contributed by atoms with Gasteiger partial charge in [0.1, 0.15) is 0 Å². The van der Waals surface area contributed by atoms with E-state index in [9.17, 15) is 13.2 Å². The number of hydrogen-bond donors (Lipinski definition) is 3. The summed E-state index contributed by atoms with van der Waals surface area (Å²) in [6.45, 7) is 7.67. The van der Waals surface area contributed by atoms with Crippen molar-refractivity contribution in [2.75, 3.05) is 29.9 Å². The second kappa shape index (κ2) is 9.37. The van der Waals surface area contributed by atoms with Crippen molar-refractivity contribution in [3.05, 3.63) is 23.8 Å². The number of sulfonamides is 1. The van der Waals surface area contributed by atoms with Gasteiger partial charge in [-0.25, -0.2) is 8.42 Å². The lowest BCUT2D eigenvalue weighted by molar-refractivity contribution is -0.115. The Balaban J connectivity index is 2.20. The minimum absolute atomic E-state index is 0.0302. The van der Waals surface area contributed by atoms with Crippen molar-refractivity contribution in [1.29, 1.82) is 0 Å². The number of amides is 1. The molecule has 0 spiro atoms. The Morgan fingerprint density at radius 1 is 1.17 bits per heavy atom. The molecule has 1 aromatic carbocycles. The number of aryl methyl sites for hydroxylation is 1. The molecule has 0 aliphatic rings. The molecule has 0 saturated carbocycles. The zero-order chi connectivity index (χ0) is 21.8. The number of carbonyl (C=O) groups excluding carboxylic acids is 1. The van der Waals surface area contributed by atoms with E-state index in [0.717, 1.165) is 11.8 Å². The number of carbonyl (C=O) groups is 1. The van der Waals surface area contributed by atoms with Gasteiger partial charge in [0.2, 0.25) is 27.8 Å². The fourth-order valence-electron chi connectivity index (χ4n) is 2.55. The number of rotatable bonds is 8. The second-order valence-corrected chi connectivity index (χ2v) is 9.37. The van der Waals surface area contributed by atoms with Crippen LogP contribution in [0.3, 0.4) is 0 Å². The number of nitrogens with one attached hydrogen (secondary N) is 1. The van der Waals surface area contributed by atoms with Crippen LogP contribution in [0.1, 0.15) is 26.3 Å². The Bertz CT molecular complexity index is 974. The van der Waals surface area contributed by atoms with Gasteiger partial charge >= 0.3 is 0 Å². The molecule has 0 radical (unpaired) electrons. The third-order valence-electron chi connectivity index (χ3n) is 4.08. The summed E-state index contributed by atoms with van der Waals surface area (Å²) >= 11 is 1.06. The van der Waals surface area contributed by atoms with E-state index in [-0.39, 0.29) is 27.9 Å². The lowest BCUT2D eigenvalue weighted by Crippen LogP contribution is -2.31. The summed E-state index contributed by atoms with van der Waals surface area (Å²) in [6.07, 6.45) is 0. The normalized spacial score (nSPS) is 12.7. The third kappa shape index (κ3) is 5.55. The Labute approximate surface area is 174 Å². The van der Waals surface area contributed by atoms with Crippen LogP contribution in [-0.2, 0) is 14.8 Å². The molecule has 2 aromatic rings. The molecular weight excluding hydrogens is 414 g/mol. The topological polar surface area (TPSA) is 157 Å². The molecule has 1 atom stereocenters. The van der Waals surface area contributed by atoms with Gasteiger partial charge in [0.25, 0.3) is 0 Å². The highest BCUT2D eigenvalue weighted by Crippen LogP contribution is 2.25. The van der Waals surface area contributed by atoms with E-state index in [2.05, 4.69) is 20.3 Å². The number of anilines is 3. The highest BCUT2D eigenvalue weighted by molar-refractivity contribution is 8.00. The van der Waals surface area contributed by atoms with Crippen LogP contribution in [0.5, 0.6) is 0 Å². The van der Waals surface area contributed by atoms with Crippen LogP contribution >= 0.6 is 11.8 Å². The summed E-state index contributed by atoms with van der Waals surface area (Å²) in [5.41, 5.74) is 12.1. The molecular formula is C17H25N7O3S2. The molecule has 2 rings (SSSR count). The van der Waals surface area contributed by atoms with E-state index in [1.165, 1.54) is 10.4 Å². The molecule has 12 heteroatoms. The van der Waals surface area contributed by atoms with Crippen LogP contribution in [0.2, 0.25) is 0 Å². The molecule has 1 aromatic heterocycles. The average molecular weight is 440 g/mol. The summed E-state index contributed by atoms with van der Waals surface area (Å²) in [5, 5.41) is 2.37. The Hall–Kier alpha value is -2.44. The molecule has 0 bridgehead atoms. The largest absolute Gasteiger partial charge is 0.368 e. The summed E-state index contributed by atoms with van der Waals surface area (Å²) in [7, 11) is -3.65. The molecule has 1 unspecified atom stereocenters. The molecule has 1 amide bonds. The average Bonchev–Trinajstić information content (AvgIpc) is 2.63. The first-order valence-electron chi connectivity index (χ1n) is 8.93. The lowest BCUT2D eigenvalue weighted by atomic mass is 10.2. The van der Waals surface area contributed by atoms with Crippen molar-refractivity contribution in [2.45, 2.75) is 43.0 Å². The number of nitrogens with two attached hydrogens (primary N) is 2. The van der Waals surface area contributed by atoms with Crippen molar-refractivity contribution in [2.24, 2.45) is 0 Å². The molecule has 10 nitrogen and oxygen atoms in total. The molecule has 158 valence electrons. The molecule has 0 fully saturated rings. The van der Waals surface area contributed by atoms with E-state index >= 15 is 0 Å². The molecule has 5 N–H and O–H groups in total. The number of aromatic nitrogens is 3. The van der Waals surface area contributed by atoms with Gasteiger partial charge in [-0.3, -0.25) is 4.79 Å². The fourth-order valence-corrected chi connectivity index (χ4v) is 5.04. The standard InChI is InChI=1S/C17H25N7O3S2/c1-5-24(6-2)29(26,27)13-9-12(8-7-10(13)3)20-14(25)11(4)28-17-22-15(18)21-16(19)23-17/h7-9,11H,5-6H2,1-4H3,(H,20,25)(H4,18,19,21,22,23). The van der Waals surface area contributed by atoms with Gasteiger partial charge in [0, 0.05) is 18.8 Å². The number of thioether (sulfide) groups is 1.